The number of ether oxygens (including phenoxy) is 2. The number of methoxy groups -OCH3 is 1. The Hall–Kier alpha value is -1.97. The van der Waals surface area contributed by atoms with Gasteiger partial charge in [-0.1, -0.05) is 26.3 Å². The van der Waals surface area contributed by atoms with Crippen molar-refractivity contribution in [2.45, 2.75) is 33.1 Å². The molecule has 4 heteroatoms. The summed E-state index contributed by atoms with van der Waals surface area (Å²) >= 11 is 0. The Morgan fingerprint density at radius 1 is 1.24 bits per heavy atom. The van der Waals surface area contributed by atoms with Gasteiger partial charge in [0.15, 0.2) is 11.5 Å². The number of carbonyl (C=O) groups is 1. The summed E-state index contributed by atoms with van der Waals surface area (Å²) in [6, 6.07) is 5.65. The Kier molecular flexibility index (Phi) is 8.02. The van der Waals surface area contributed by atoms with Gasteiger partial charge < -0.3 is 14.8 Å². The molecule has 0 aliphatic rings. The topological polar surface area (TPSA) is 47.6 Å². The van der Waals surface area contributed by atoms with Crippen molar-refractivity contribution in [1.82, 2.24) is 5.32 Å². The summed E-state index contributed by atoms with van der Waals surface area (Å²) < 4.78 is 11.0. The molecule has 1 rings (SSSR count). The van der Waals surface area contributed by atoms with Crippen LogP contribution in [0.2, 0.25) is 0 Å². The summed E-state index contributed by atoms with van der Waals surface area (Å²) in [6.07, 6.45) is 6.33. The van der Waals surface area contributed by atoms with Gasteiger partial charge in [0.1, 0.15) is 0 Å². The Labute approximate surface area is 127 Å². The average Bonchev–Trinajstić information content (AvgIpc) is 2.51. The summed E-state index contributed by atoms with van der Waals surface area (Å²) in [6.45, 7) is 5.52. The lowest BCUT2D eigenvalue weighted by Gasteiger charge is -2.10. The molecule has 0 heterocycles. The molecule has 0 atom stereocenters. The van der Waals surface area contributed by atoms with Gasteiger partial charge in [0.05, 0.1) is 13.7 Å². The SMILES string of the molecule is CCCCOc1ccc(C=CC(=O)NCCC)cc1OC. The molecule has 0 aliphatic heterocycles. The Balaban J connectivity index is 2.68. The summed E-state index contributed by atoms with van der Waals surface area (Å²) in [7, 11) is 1.61. The third kappa shape index (κ3) is 6.34. The second-order valence-electron chi connectivity index (χ2n) is 4.74. The highest BCUT2D eigenvalue weighted by Crippen LogP contribution is 2.28. The molecule has 0 aromatic heterocycles. The van der Waals surface area contributed by atoms with Crippen LogP contribution in [0.25, 0.3) is 6.08 Å². The zero-order valence-electron chi connectivity index (χ0n) is 13.1. The van der Waals surface area contributed by atoms with Crippen molar-refractivity contribution in [3.63, 3.8) is 0 Å². The number of rotatable bonds is 9. The molecule has 0 unspecified atom stereocenters. The lowest BCUT2D eigenvalue weighted by Crippen LogP contribution is -2.21. The number of hydrogen-bond acceptors (Lipinski definition) is 3. The van der Waals surface area contributed by atoms with Gasteiger partial charge in [0, 0.05) is 12.6 Å². The smallest absolute Gasteiger partial charge is 0.243 e. The van der Waals surface area contributed by atoms with Gasteiger partial charge >= 0.3 is 0 Å². The number of unbranched alkanes of at least 4 members (excludes halogenated alkanes) is 1. The van der Waals surface area contributed by atoms with E-state index in [2.05, 4.69) is 12.2 Å². The lowest BCUT2D eigenvalue weighted by atomic mass is 10.2. The minimum atomic E-state index is -0.0842. The molecule has 0 aliphatic carbocycles. The van der Waals surface area contributed by atoms with Gasteiger partial charge in [-0.25, -0.2) is 0 Å². The maximum Gasteiger partial charge on any atom is 0.243 e. The highest BCUT2D eigenvalue weighted by molar-refractivity contribution is 5.91. The Bertz CT molecular complexity index is 469. The van der Waals surface area contributed by atoms with Gasteiger partial charge in [0.2, 0.25) is 5.91 Å². The van der Waals surface area contributed by atoms with Gasteiger partial charge in [-0.05, 0) is 36.6 Å². The van der Waals surface area contributed by atoms with Crippen LogP contribution in [0.1, 0.15) is 38.7 Å². The molecule has 21 heavy (non-hydrogen) atoms. The molecule has 1 aromatic carbocycles. The van der Waals surface area contributed by atoms with E-state index < -0.39 is 0 Å². The van der Waals surface area contributed by atoms with E-state index in [1.165, 1.54) is 6.08 Å². The maximum atomic E-state index is 11.5. The summed E-state index contributed by atoms with van der Waals surface area (Å²) in [5.41, 5.74) is 0.904. The molecule has 4 nitrogen and oxygen atoms in total. The van der Waals surface area contributed by atoms with E-state index in [9.17, 15) is 4.79 Å². The maximum absolute atomic E-state index is 11.5. The van der Waals surface area contributed by atoms with Crippen LogP contribution in [-0.4, -0.2) is 26.2 Å². The molecule has 1 aromatic rings. The Morgan fingerprint density at radius 3 is 2.71 bits per heavy atom. The number of hydrogen-bond donors (Lipinski definition) is 1. The molecule has 0 spiro atoms. The minimum Gasteiger partial charge on any atom is -0.493 e. The van der Waals surface area contributed by atoms with Crippen molar-refractivity contribution in [1.29, 1.82) is 0 Å². The predicted octanol–water partition coefficient (Wildman–Crippen LogP) is 3.41. The first-order valence-electron chi connectivity index (χ1n) is 7.48. The molecule has 0 radical (unpaired) electrons. The zero-order valence-corrected chi connectivity index (χ0v) is 13.1. The molecule has 0 saturated carbocycles. The van der Waals surface area contributed by atoms with Gasteiger partial charge in [-0.3, -0.25) is 4.79 Å². The van der Waals surface area contributed by atoms with E-state index >= 15 is 0 Å². The van der Waals surface area contributed by atoms with Crippen LogP contribution in [0.15, 0.2) is 24.3 Å². The van der Waals surface area contributed by atoms with Crippen LogP contribution in [0.3, 0.4) is 0 Å². The standard InChI is InChI=1S/C17H25NO3/c1-4-6-12-21-15-9-7-14(13-16(15)20-3)8-10-17(19)18-11-5-2/h7-10,13H,4-6,11-12H2,1-3H3,(H,18,19). The van der Waals surface area contributed by atoms with E-state index in [-0.39, 0.29) is 5.91 Å². The first kappa shape index (κ1) is 17.1. The molecule has 1 amide bonds. The van der Waals surface area contributed by atoms with Crippen LogP contribution in [-0.2, 0) is 4.79 Å². The molecular weight excluding hydrogens is 266 g/mol. The van der Waals surface area contributed by atoms with Gasteiger partial charge in [-0.2, -0.15) is 0 Å². The van der Waals surface area contributed by atoms with Crippen molar-refractivity contribution in [2.75, 3.05) is 20.3 Å². The van der Waals surface area contributed by atoms with E-state index in [0.29, 0.717) is 18.9 Å². The summed E-state index contributed by atoms with van der Waals surface area (Å²) in [5.74, 6) is 1.33. The average molecular weight is 291 g/mol. The summed E-state index contributed by atoms with van der Waals surface area (Å²) in [4.78, 5) is 11.5. The minimum absolute atomic E-state index is 0.0842. The fourth-order valence-corrected chi connectivity index (χ4v) is 1.71. The van der Waals surface area contributed by atoms with Crippen molar-refractivity contribution >= 4 is 12.0 Å². The van der Waals surface area contributed by atoms with Gasteiger partial charge in [0.25, 0.3) is 0 Å². The molecule has 0 bridgehead atoms. The van der Waals surface area contributed by atoms with Crippen LogP contribution < -0.4 is 14.8 Å². The zero-order chi connectivity index (χ0) is 15.5. The highest BCUT2D eigenvalue weighted by atomic mass is 16.5. The molecular formula is C17H25NO3. The number of carbonyl (C=O) groups excluding carboxylic acids is 1. The summed E-state index contributed by atoms with van der Waals surface area (Å²) in [5, 5.41) is 2.80. The molecule has 0 fully saturated rings. The predicted molar refractivity (Wildman–Crippen MR) is 85.7 cm³/mol. The second kappa shape index (κ2) is 9.86. The lowest BCUT2D eigenvalue weighted by molar-refractivity contribution is -0.116. The fourth-order valence-electron chi connectivity index (χ4n) is 1.71. The monoisotopic (exact) mass is 291 g/mol. The van der Waals surface area contributed by atoms with Crippen molar-refractivity contribution in [3.8, 4) is 11.5 Å². The van der Waals surface area contributed by atoms with E-state index in [1.54, 1.807) is 13.2 Å². The van der Waals surface area contributed by atoms with Crippen LogP contribution in [0.4, 0.5) is 0 Å². The second-order valence-corrected chi connectivity index (χ2v) is 4.74. The van der Waals surface area contributed by atoms with E-state index in [0.717, 1.165) is 30.6 Å². The largest absolute Gasteiger partial charge is 0.493 e. The van der Waals surface area contributed by atoms with Crippen LogP contribution in [0, 0.1) is 0 Å². The van der Waals surface area contributed by atoms with Gasteiger partial charge in [-0.15, -0.1) is 0 Å². The first-order valence-corrected chi connectivity index (χ1v) is 7.48. The fraction of sp³-hybridized carbons (Fsp3) is 0.471. The van der Waals surface area contributed by atoms with Crippen molar-refractivity contribution in [3.05, 3.63) is 29.8 Å². The number of benzene rings is 1. The third-order valence-corrected chi connectivity index (χ3v) is 2.92. The van der Waals surface area contributed by atoms with E-state index in [1.807, 2.05) is 25.1 Å². The Morgan fingerprint density at radius 2 is 2.05 bits per heavy atom. The van der Waals surface area contributed by atoms with Crippen molar-refractivity contribution in [2.24, 2.45) is 0 Å². The molecule has 0 saturated heterocycles. The van der Waals surface area contributed by atoms with Crippen LogP contribution in [0.5, 0.6) is 11.5 Å². The molecule has 116 valence electrons. The van der Waals surface area contributed by atoms with Crippen LogP contribution >= 0.6 is 0 Å². The quantitative estimate of drug-likeness (QED) is 0.560. The normalized spacial score (nSPS) is 10.6. The third-order valence-electron chi connectivity index (χ3n) is 2.92. The highest BCUT2D eigenvalue weighted by Gasteiger charge is 2.04. The first-order chi connectivity index (χ1) is 10.2. The van der Waals surface area contributed by atoms with E-state index in [4.69, 9.17) is 9.47 Å². The number of amides is 1. The number of nitrogens with one attached hydrogen (secondary N) is 1. The molecule has 1 N–H and O–H groups in total. The van der Waals surface area contributed by atoms with Crippen molar-refractivity contribution < 1.29 is 14.3 Å².